The van der Waals surface area contributed by atoms with Gasteiger partial charge in [0.05, 0.1) is 5.69 Å². The van der Waals surface area contributed by atoms with Crippen molar-refractivity contribution in [1.29, 1.82) is 0 Å². The van der Waals surface area contributed by atoms with Crippen LogP contribution in [0.5, 0.6) is 0 Å². The Morgan fingerprint density at radius 3 is 2.41 bits per heavy atom. The lowest BCUT2D eigenvalue weighted by atomic mass is 10.0. The van der Waals surface area contributed by atoms with Crippen LogP contribution in [0.2, 0.25) is 0 Å². The summed E-state index contributed by atoms with van der Waals surface area (Å²) < 4.78 is 13.9. The number of nitrogens with zero attached hydrogens (tertiary/aromatic N) is 1. The maximum absolute atomic E-state index is 13.9. The van der Waals surface area contributed by atoms with Crippen molar-refractivity contribution in [2.45, 2.75) is 39.1 Å². The quantitative estimate of drug-likeness (QED) is 0.705. The van der Waals surface area contributed by atoms with Crippen molar-refractivity contribution in [2.24, 2.45) is 5.92 Å². The SMILES string of the molecule is CC(C)CC(C)N(C)c1ccc(CCl)cc1F. The van der Waals surface area contributed by atoms with E-state index in [1.807, 2.05) is 24.1 Å². The van der Waals surface area contributed by atoms with Gasteiger partial charge in [-0.3, -0.25) is 0 Å². The van der Waals surface area contributed by atoms with Gasteiger partial charge in [-0.2, -0.15) is 0 Å². The molecule has 0 saturated heterocycles. The lowest BCUT2D eigenvalue weighted by molar-refractivity contribution is 0.498. The summed E-state index contributed by atoms with van der Waals surface area (Å²) in [5.74, 6) is 0.765. The van der Waals surface area contributed by atoms with Gasteiger partial charge in [0.15, 0.2) is 0 Å². The summed E-state index contributed by atoms with van der Waals surface area (Å²) >= 11 is 5.68. The van der Waals surface area contributed by atoms with Crippen LogP contribution in [0.3, 0.4) is 0 Å². The van der Waals surface area contributed by atoms with Crippen molar-refractivity contribution in [3.05, 3.63) is 29.6 Å². The van der Waals surface area contributed by atoms with E-state index in [2.05, 4.69) is 20.8 Å². The first-order valence-electron chi connectivity index (χ1n) is 6.03. The summed E-state index contributed by atoms with van der Waals surface area (Å²) in [5, 5.41) is 0. The second-order valence-corrected chi connectivity index (χ2v) is 5.28. The molecule has 1 rings (SSSR count). The predicted molar refractivity (Wildman–Crippen MR) is 73.3 cm³/mol. The van der Waals surface area contributed by atoms with Crippen LogP contribution in [0, 0.1) is 11.7 Å². The highest BCUT2D eigenvalue weighted by Crippen LogP contribution is 2.24. The van der Waals surface area contributed by atoms with Crippen LogP contribution in [0.25, 0.3) is 0 Å². The number of benzene rings is 1. The summed E-state index contributed by atoms with van der Waals surface area (Å²) in [6.45, 7) is 6.48. The van der Waals surface area contributed by atoms with E-state index in [1.54, 1.807) is 0 Å². The third-order valence-electron chi connectivity index (χ3n) is 3.02. The molecule has 0 heterocycles. The Morgan fingerprint density at radius 1 is 1.29 bits per heavy atom. The Labute approximate surface area is 109 Å². The summed E-state index contributed by atoms with van der Waals surface area (Å²) in [4.78, 5) is 1.99. The molecule has 1 aromatic carbocycles. The standard InChI is InChI=1S/C14H21ClFN/c1-10(2)7-11(3)17(4)14-6-5-12(9-15)8-13(14)16/h5-6,8,10-11H,7,9H2,1-4H3. The van der Waals surface area contributed by atoms with Gasteiger partial charge in [-0.25, -0.2) is 4.39 Å². The fourth-order valence-corrected chi connectivity index (χ4v) is 2.16. The molecule has 17 heavy (non-hydrogen) atoms. The minimum Gasteiger partial charge on any atom is -0.370 e. The second-order valence-electron chi connectivity index (χ2n) is 5.01. The van der Waals surface area contributed by atoms with Crippen LogP contribution in [-0.4, -0.2) is 13.1 Å². The maximum Gasteiger partial charge on any atom is 0.146 e. The molecule has 0 radical (unpaired) electrons. The van der Waals surface area contributed by atoms with Crippen LogP contribution in [0.15, 0.2) is 18.2 Å². The first-order chi connectivity index (χ1) is 7.95. The zero-order valence-corrected chi connectivity index (χ0v) is 11.8. The third kappa shape index (κ3) is 3.88. The van der Waals surface area contributed by atoms with Crippen molar-refractivity contribution < 1.29 is 4.39 Å². The smallest absolute Gasteiger partial charge is 0.146 e. The highest BCUT2D eigenvalue weighted by molar-refractivity contribution is 6.17. The summed E-state index contributed by atoms with van der Waals surface area (Å²) in [7, 11) is 1.94. The molecule has 1 atom stereocenters. The lowest BCUT2D eigenvalue weighted by Crippen LogP contribution is -2.30. The predicted octanol–water partition coefficient (Wildman–Crippen LogP) is 4.44. The Bertz CT molecular complexity index is 365. The molecular weight excluding hydrogens is 237 g/mol. The van der Waals surface area contributed by atoms with Gasteiger partial charge in [-0.1, -0.05) is 19.9 Å². The molecule has 0 amide bonds. The van der Waals surface area contributed by atoms with E-state index in [0.29, 0.717) is 23.5 Å². The molecule has 0 aliphatic rings. The van der Waals surface area contributed by atoms with E-state index in [9.17, 15) is 4.39 Å². The normalized spacial score (nSPS) is 12.9. The fraction of sp³-hybridized carbons (Fsp3) is 0.571. The highest BCUT2D eigenvalue weighted by atomic mass is 35.5. The molecular formula is C14H21ClFN. The molecule has 0 aliphatic carbocycles. The van der Waals surface area contributed by atoms with Crippen molar-refractivity contribution in [1.82, 2.24) is 0 Å². The Hall–Kier alpha value is -0.760. The summed E-state index contributed by atoms with van der Waals surface area (Å²) in [5.41, 5.74) is 1.46. The molecule has 0 fully saturated rings. The monoisotopic (exact) mass is 257 g/mol. The minimum atomic E-state index is -0.193. The number of hydrogen-bond donors (Lipinski definition) is 0. The number of rotatable bonds is 5. The van der Waals surface area contributed by atoms with Gasteiger partial charge in [0, 0.05) is 19.0 Å². The largest absolute Gasteiger partial charge is 0.370 e. The van der Waals surface area contributed by atoms with E-state index < -0.39 is 0 Å². The molecule has 1 aromatic rings. The van der Waals surface area contributed by atoms with Gasteiger partial charge >= 0.3 is 0 Å². The molecule has 1 unspecified atom stereocenters. The van der Waals surface area contributed by atoms with Gasteiger partial charge in [0.2, 0.25) is 0 Å². The number of halogens is 2. The van der Waals surface area contributed by atoms with Crippen LogP contribution in [0.1, 0.15) is 32.8 Å². The summed E-state index contributed by atoms with van der Waals surface area (Å²) in [6.07, 6.45) is 1.05. The highest BCUT2D eigenvalue weighted by Gasteiger charge is 2.15. The van der Waals surface area contributed by atoms with E-state index >= 15 is 0 Å². The van der Waals surface area contributed by atoms with Gasteiger partial charge in [-0.05, 0) is 37.0 Å². The van der Waals surface area contributed by atoms with Crippen LogP contribution in [-0.2, 0) is 5.88 Å². The molecule has 3 heteroatoms. The van der Waals surface area contributed by atoms with Crippen molar-refractivity contribution in [2.75, 3.05) is 11.9 Å². The maximum atomic E-state index is 13.9. The van der Waals surface area contributed by atoms with E-state index in [4.69, 9.17) is 11.6 Å². The van der Waals surface area contributed by atoms with Gasteiger partial charge < -0.3 is 4.90 Å². The first-order valence-corrected chi connectivity index (χ1v) is 6.56. The van der Waals surface area contributed by atoms with E-state index in [-0.39, 0.29) is 5.82 Å². The van der Waals surface area contributed by atoms with Gasteiger partial charge in [0.1, 0.15) is 5.82 Å². The molecule has 0 aliphatic heterocycles. The van der Waals surface area contributed by atoms with Crippen LogP contribution < -0.4 is 4.90 Å². The molecule has 0 saturated carbocycles. The molecule has 1 nitrogen and oxygen atoms in total. The van der Waals surface area contributed by atoms with E-state index in [0.717, 1.165) is 12.0 Å². The first kappa shape index (κ1) is 14.3. The Balaban J connectivity index is 2.84. The van der Waals surface area contributed by atoms with E-state index in [1.165, 1.54) is 6.07 Å². The minimum absolute atomic E-state index is 0.193. The second kappa shape index (κ2) is 6.25. The molecule has 0 N–H and O–H groups in total. The zero-order chi connectivity index (χ0) is 13.0. The van der Waals surface area contributed by atoms with Gasteiger partial charge in [-0.15, -0.1) is 11.6 Å². The third-order valence-corrected chi connectivity index (χ3v) is 3.33. The topological polar surface area (TPSA) is 3.24 Å². The van der Waals surface area contributed by atoms with Crippen molar-refractivity contribution in [3.63, 3.8) is 0 Å². The number of hydrogen-bond acceptors (Lipinski definition) is 1. The average molecular weight is 258 g/mol. The van der Waals surface area contributed by atoms with Gasteiger partial charge in [0.25, 0.3) is 0 Å². The van der Waals surface area contributed by atoms with Crippen LogP contribution >= 0.6 is 11.6 Å². The lowest BCUT2D eigenvalue weighted by Gasteiger charge is -2.28. The van der Waals surface area contributed by atoms with Crippen molar-refractivity contribution >= 4 is 17.3 Å². The number of anilines is 1. The molecule has 0 spiro atoms. The fourth-order valence-electron chi connectivity index (χ4n) is 2.00. The Kier molecular flexibility index (Phi) is 5.26. The number of alkyl halides is 1. The van der Waals surface area contributed by atoms with Crippen molar-refractivity contribution in [3.8, 4) is 0 Å². The van der Waals surface area contributed by atoms with Crippen LogP contribution in [0.4, 0.5) is 10.1 Å². The molecule has 0 bridgehead atoms. The Morgan fingerprint density at radius 2 is 1.94 bits per heavy atom. The zero-order valence-electron chi connectivity index (χ0n) is 11.0. The molecule has 0 aromatic heterocycles. The summed E-state index contributed by atoms with van der Waals surface area (Å²) in [6, 6.07) is 5.53. The average Bonchev–Trinajstić information content (AvgIpc) is 2.27. The molecule has 96 valence electrons.